The van der Waals surface area contributed by atoms with E-state index in [-0.39, 0.29) is 5.91 Å². The number of hydrogen-bond donors (Lipinski definition) is 1. The molecule has 116 valence electrons. The second-order valence-electron chi connectivity index (χ2n) is 4.51. The predicted molar refractivity (Wildman–Crippen MR) is 92.6 cm³/mol. The van der Waals surface area contributed by atoms with E-state index in [1.165, 1.54) is 0 Å². The monoisotopic (exact) mass is 427 g/mol. The number of halogens is 2. The maximum atomic E-state index is 12.3. The van der Waals surface area contributed by atoms with E-state index < -0.39 is 0 Å². The lowest BCUT2D eigenvalue weighted by Gasteiger charge is -2.12. The van der Waals surface area contributed by atoms with Gasteiger partial charge in [0.1, 0.15) is 16.0 Å². The molecule has 0 unspecified atom stereocenters. The van der Waals surface area contributed by atoms with Crippen molar-refractivity contribution in [2.75, 3.05) is 14.2 Å². The first-order chi connectivity index (χ1) is 10.5. The van der Waals surface area contributed by atoms with Crippen LogP contribution in [-0.4, -0.2) is 20.1 Å². The van der Waals surface area contributed by atoms with Crippen molar-refractivity contribution in [2.24, 2.45) is 0 Å². The largest absolute Gasteiger partial charge is 0.495 e. The lowest BCUT2D eigenvalue weighted by atomic mass is 10.1. The van der Waals surface area contributed by atoms with Crippen LogP contribution in [0.25, 0.3) is 0 Å². The molecule has 0 aliphatic heterocycles. The maximum absolute atomic E-state index is 12.3. The van der Waals surface area contributed by atoms with Gasteiger partial charge in [0.15, 0.2) is 0 Å². The van der Waals surface area contributed by atoms with Crippen molar-refractivity contribution in [2.45, 2.75) is 6.54 Å². The normalized spacial score (nSPS) is 10.2. The molecule has 0 aromatic heterocycles. The Morgan fingerprint density at radius 1 is 1.09 bits per heavy atom. The molecule has 2 rings (SSSR count). The third kappa shape index (κ3) is 4.01. The van der Waals surface area contributed by atoms with E-state index in [1.807, 2.05) is 24.3 Å². The number of methoxy groups -OCH3 is 2. The van der Waals surface area contributed by atoms with Crippen molar-refractivity contribution in [1.29, 1.82) is 0 Å². The van der Waals surface area contributed by atoms with Gasteiger partial charge in [0.2, 0.25) is 0 Å². The molecule has 0 bridgehead atoms. The molecule has 0 fully saturated rings. The van der Waals surface area contributed by atoms with Crippen molar-refractivity contribution < 1.29 is 14.3 Å². The first-order valence-electron chi connectivity index (χ1n) is 6.49. The Kier molecular flexibility index (Phi) is 5.85. The van der Waals surface area contributed by atoms with Gasteiger partial charge in [-0.2, -0.15) is 0 Å². The van der Waals surface area contributed by atoms with Gasteiger partial charge in [-0.25, -0.2) is 0 Å². The average molecular weight is 429 g/mol. The standard InChI is InChI=1S/C16H15Br2NO3/c1-21-13-7-11(8-14(22-2)15(13)18)16(20)19-9-10-4-3-5-12(17)6-10/h3-8H,9H2,1-2H3,(H,19,20). The van der Waals surface area contributed by atoms with Crippen LogP contribution in [0.2, 0.25) is 0 Å². The number of carbonyl (C=O) groups is 1. The summed E-state index contributed by atoms with van der Waals surface area (Å²) in [5, 5.41) is 2.88. The van der Waals surface area contributed by atoms with Crippen molar-refractivity contribution in [1.82, 2.24) is 5.32 Å². The van der Waals surface area contributed by atoms with Gasteiger partial charge >= 0.3 is 0 Å². The molecule has 2 aromatic rings. The second-order valence-corrected chi connectivity index (χ2v) is 6.22. The van der Waals surface area contributed by atoms with Gasteiger partial charge in [0.25, 0.3) is 5.91 Å². The topological polar surface area (TPSA) is 47.6 Å². The Bertz CT molecular complexity index is 664. The highest BCUT2D eigenvalue weighted by Crippen LogP contribution is 2.35. The minimum absolute atomic E-state index is 0.191. The van der Waals surface area contributed by atoms with Crippen LogP contribution in [0.4, 0.5) is 0 Å². The van der Waals surface area contributed by atoms with Crippen LogP contribution < -0.4 is 14.8 Å². The molecule has 0 atom stereocenters. The van der Waals surface area contributed by atoms with E-state index in [4.69, 9.17) is 9.47 Å². The van der Waals surface area contributed by atoms with E-state index in [0.29, 0.717) is 28.1 Å². The van der Waals surface area contributed by atoms with E-state index in [1.54, 1.807) is 26.4 Å². The summed E-state index contributed by atoms with van der Waals surface area (Å²) in [5.74, 6) is 0.906. The van der Waals surface area contributed by atoms with E-state index >= 15 is 0 Å². The van der Waals surface area contributed by atoms with E-state index in [9.17, 15) is 4.79 Å². The molecule has 0 radical (unpaired) electrons. The number of benzene rings is 2. The molecule has 0 saturated heterocycles. The SMILES string of the molecule is COc1cc(C(=O)NCc2cccc(Br)c2)cc(OC)c1Br. The zero-order chi connectivity index (χ0) is 16.1. The molecule has 1 amide bonds. The van der Waals surface area contributed by atoms with Gasteiger partial charge in [-0.15, -0.1) is 0 Å². The Labute approximate surface area is 146 Å². The summed E-state index contributed by atoms with van der Waals surface area (Å²) in [4.78, 5) is 12.3. The summed E-state index contributed by atoms with van der Waals surface area (Å²) in [6.45, 7) is 0.443. The second kappa shape index (κ2) is 7.65. The van der Waals surface area contributed by atoms with Gasteiger partial charge in [0.05, 0.1) is 14.2 Å². The molecule has 0 heterocycles. The van der Waals surface area contributed by atoms with Gasteiger partial charge in [-0.3, -0.25) is 4.79 Å². The fourth-order valence-corrected chi connectivity index (χ4v) is 2.93. The maximum Gasteiger partial charge on any atom is 0.251 e. The van der Waals surface area contributed by atoms with Crippen LogP contribution in [0.1, 0.15) is 15.9 Å². The van der Waals surface area contributed by atoms with Gasteiger partial charge < -0.3 is 14.8 Å². The van der Waals surface area contributed by atoms with Crippen LogP contribution in [0, 0.1) is 0 Å². The summed E-state index contributed by atoms with van der Waals surface area (Å²) < 4.78 is 12.1. The smallest absolute Gasteiger partial charge is 0.251 e. The summed E-state index contributed by atoms with van der Waals surface area (Å²) in [6.07, 6.45) is 0. The number of hydrogen-bond acceptors (Lipinski definition) is 3. The third-order valence-electron chi connectivity index (χ3n) is 3.05. The van der Waals surface area contributed by atoms with E-state index in [0.717, 1.165) is 10.0 Å². The number of amides is 1. The van der Waals surface area contributed by atoms with Gasteiger partial charge in [0, 0.05) is 16.6 Å². The minimum Gasteiger partial charge on any atom is -0.495 e. The Balaban J connectivity index is 2.15. The van der Waals surface area contributed by atoms with Crippen LogP contribution in [0.15, 0.2) is 45.3 Å². The molecule has 0 spiro atoms. The molecule has 6 heteroatoms. The molecule has 0 aliphatic rings. The van der Waals surface area contributed by atoms with Crippen LogP contribution >= 0.6 is 31.9 Å². The highest BCUT2D eigenvalue weighted by Gasteiger charge is 2.14. The van der Waals surface area contributed by atoms with Crippen LogP contribution in [0.3, 0.4) is 0 Å². The molecule has 4 nitrogen and oxygen atoms in total. The summed E-state index contributed by atoms with van der Waals surface area (Å²) in [6, 6.07) is 11.1. The van der Waals surface area contributed by atoms with Crippen LogP contribution in [-0.2, 0) is 6.54 Å². The quantitative estimate of drug-likeness (QED) is 0.777. The Hall–Kier alpha value is -1.53. The van der Waals surface area contributed by atoms with E-state index in [2.05, 4.69) is 37.2 Å². The molecular weight excluding hydrogens is 414 g/mol. The van der Waals surface area contributed by atoms with Crippen molar-refractivity contribution in [3.63, 3.8) is 0 Å². The molecule has 22 heavy (non-hydrogen) atoms. The molecule has 2 aromatic carbocycles. The van der Waals surface area contributed by atoms with Crippen molar-refractivity contribution >= 4 is 37.8 Å². The molecule has 0 aliphatic carbocycles. The molecule has 1 N–H and O–H groups in total. The fraction of sp³-hybridized carbons (Fsp3) is 0.188. The highest BCUT2D eigenvalue weighted by molar-refractivity contribution is 9.11. The van der Waals surface area contributed by atoms with Crippen molar-refractivity contribution in [3.05, 3.63) is 56.5 Å². The number of ether oxygens (including phenoxy) is 2. The average Bonchev–Trinajstić information content (AvgIpc) is 2.53. The van der Waals surface area contributed by atoms with Crippen molar-refractivity contribution in [3.8, 4) is 11.5 Å². The first-order valence-corrected chi connectivity index (χ1v) is 8.08. The zero-order valence-electron chi connectivity index (χ0n) is 12.2. The number of rotatable bonds is 5. The Morgan fingerprint density at radius 2 is 1.73 bits per heavy atom. The summed E-state index contributed by atoms with van der Waals surface area (Å²) in [5.41, 5.74) is 1.49. The molecular formula is C16H15Br2NO3. The van der Waals surface area contributed by atoms with Gasteiger partial charge in [-0.1, -0.05) is 28.1 Å². The predicted octanol–water partition coefficient (Wildman–Crippen LogP) is 4.16. The Morgan fingerprint density at radius 3 is 2.27 bits per heavy atom. The number of carbonyl (C=O) groups excluding carboxylic acids is 1. The summed E-state index contributed by atoms with van der Waals surface area (Å²) >= 11 is 6.79. The fourth-order valence-electron chi connectivity index (χ4n) is 1.93. The first kappa shape index (κ1) is 16.8. The highest BCUT2D eigenvalue weighted by atomic mass is 79.9. The van der Waals surface area contributed by atoms with Crippen LogP contribution in [0.5, 0.6) is 11.5 Å². The lowest BCUT2D eigenvalue weighted by Crippen LogP contribution is -2.22. The zero-order valence-corrected chi connectivity index (χ0v) is 15.3. The third-order valence-corrected chi connectivity index (χ3v) is 4.32. The number of nitrogens with one attached hydrogen (secondary N) is 1. The molecule has 0 saturated carbocycles. The van der Waals surface area contributed by atoms with Gasteiger partial charge in [-0.05, 0) is 45.8 Å². The lowest BCUT2D eigenvalue weighted by molar-refractivity contribution is 0.0950. The summed E-state index contributed by atoms with van der Waals surface area (Å²) in [7, 11) is 3.09. The minimum atomic E-state index is -0.191.